The summed E-state index contributed by atoms with van der Waals surface area (Å²) in [5.74, 6) is 0.608. The Morgan fingerprint density at radius 1 is 1.35 bits per heavy atom. The van der Waals surface area contributed by atoms with Crippen molar-refractivity contribution in [3.63, 3.8) is 0 Å². The minimum absolute atomic E-state index is 0.106. The van der Waals surface area contributed by atoms with Gasteiger partial charge < -0.3 is 5.32 Å². The summed E-state index contributed by atoms with van der Waals surface area (Å²) in [7, 11) is -1.12. The van der Waals surface area contributed by atoms with E-state index in [9.17, 15) is 4.21 Å². The highest BCUT2D eigenvalue weighted by atomic mass is 35.5. The van der Waals surface area contributed by atoms with Crippen LogP contribution in [0.3, 0.4) is 0 Å². The number of benzene rings is 1. The van der Waals surface area contributed by atoms with Gasteiger partial charge in [-0.25, -0.2) is 0 Å². The predicted octanol–water partition coefficient (Wildman–Crippen LogP) is 4.27. The monoisotopic (exact) mass is 333 g/mol. The Hall–Kier alpha value is -0.0900. The molecule has 4 unspecified atom stereocenters. The number of hydrogen-bond donors (Lipinski definition) is 1. The molecule has 5 heteroatoms. The highest BCUT2D eigenvalue weighted by Gasteiger charge is 2.33. The first-order valence-electron chi connectivity index (χ1n) is 7.12. The fraction of sp³-hybridized carbons (Fsp3) is 0.600. The molecule has 0 bridgehead atoms. The molecule has 0 amide bonds. The van der Waals surface area contributed by atoms with E-state index in [1.807, 2.05) is 0 Å². The number of hydrogen-bond acceptors (Lipinski definition) is 2. The Labute approximate surface area is 133 Å². The van der Waals surface area contributed by atoms with Crippen molar-refractivity contribution in [3.8, 4) is 0 Å². The Morgan fingerprint density at radius 3 is 2.80 bits per heavy atom. The lowest BCUT2D eigenvalue weighted by molar-refractivity contribution is 0.316. The van der Waals surface area contributed by atoms with Gasteiger partial charge in [0, 0.05) is 11.1 Å². The van der Waals surface area contributed by atoms with Crippen molar-refractivity contribution < 1.29 is 4.21 Å². The standard InChI is InChI=1S/C15H21Cl2NOS/c1-3-18-13-7-4-10(2)8-15(13)20(19)14-9-11(16)5-6-12(14)17/h5-6,9-10,13,15,18H,3-4,7-8H2,1-2H3. The van der Waals surface area contributed by atoms with E-state index >= 15 is 0 Å². The van der Waals surface area contributed by atoms with Gasteiger partial charge in [0.25, 0.3) is 0 Å². The van der Waals surface area contributed by atoms with E-state index in [0.717, 1.165) is 19.4 Å². The van der Waals surface area contributed by atoms with Crippen LogP contribution in [0.1, 0.15) is 33.1 Å². The summed E-state index contributed by atoms with van der Waals surface area (Å²) >= 11 is 12.2. The molecule has 2 nitrogen and oxygen atoms in total. The van der Waals surface area contributed by atoms with Crippen LogP contribution >= 0.6 is 23.2 Å². The van der Waals surface area contributed by atoms with Crippen LogP contribution in [-0.2, 0) is 10.8 Å². The SMILES string of the molecule is CCNC1CCC(C)CC1S(=O)c1cc(Cl)ccc1Cl. The molecule has 4 atom stereocenters. The quantitative estimate of drug-likeness (QED) is 0.891. The lowest BCUT2D eigenvalue weighted by Gasteiger charge is -2.34. The first-order chi connectivity index (χ1) is 9.52. The summed E-state index contributed by atoms with van der Waals surface area (Å²) in [6.45, 7) is 5.21. The van der Waals surface area contributed by atoms with Crippen LogP contribution in [0.15, 0.2) is 23.1 Å². The molecule has 0 spiro atoms. The normalized spacial score (nSPS) is 28.3. The summed E-state index contributed by atoms with van der Waals surface area (Å²) in [6, 6.07) is 5.50. The van der Waals surface area contributed by atoms with Gasteiger partial charge in [0.05, 0.1) is 26.0 Å². The molecule has 1 aliphatic rings. The smallest absolute Gasteiger partial charge is 0.0592 e. The molecule has 1 fully saturated rings. The van der Waals surface area contributed by atoms with Gasteiger partial charge in [-0.05, 0) is 49.9 Å². The van der Waals surface area contributed by atoms with Gasteiger partial charge in [-0.1, -0.05) is 37.0 Å². The highest BCUT2D eigenvalue weighted by Crippen LogP contribution is 2.33. The molecular weight excluding hydrogens is 313 g/mol. The van der Waals surface area contributed by atoms with E-state index in [2.05, 4.69) is 19.2 Å². The van der Waals surface area contributed by atoms with Crippen molar-refractivity contribution in [3.05, 3.63) is 28.2 Å². The fourth-order valence-electron chi connectivity index (χ4n) is 2.86. The minimum atomic E-state index is -1.12. The van der Waals surface area contributed by atoms with Gasteiger partial charge in [-0.3, -0.25) is 4.21 Å². The molecule has 0 radical (unpaired) electrons. The van der Waals surface area contributed by atoms with Crippen molar-refractivity contribution in [2.75, 3.05) is 6.54 Å². The molecule has 1 aliphatic carbocycles. The Balaban J connectivity index is 2.26. The lowest BCUT2D eigenvalue weighted by Crippen LogP contribution is -2.46. The van der Waals surface area contributed by atoms with Crippen LogP contribution in [0.25, 0.3) is 0 Å². The van der Waals surface area contributed by atoms with E-state index < -0.39 is 10.8 Å². The van der Waals surface area contributed by atoms with Crippen LogP contribution in [-0.4, -0.2) is 22.0 Å². The summed E-state index contributed by atoms with van der Waals surface area (Å²) < 4.78 is 12.9. The summed E-state index contributed by atoms with van der Waals surface area (Å²) in [6.07, 6.45) is 3.23. The molecule has 0 aliphatic heterocycles. The zero-order chi connectivity index (χ0) is 14.7. The molecule has 0 saturated heterocycles. The maximum atomic E-state index is 12.9. The van der Waals surface area contributed by atoms with Crippen molar-refractivity contribution in [2.45, 2.75) is 49.3 Å². The van der Waals surface area contributed by atoms with Gasteiger partial charge in [0.15, 0.2) is 0 Å². The van der Waals surface area contributed by atoms with Crippen molar-refractivity contribution in [2.24, 2.45) is 5.92 Å². The van der Waals surface area contributed by atoms with Crippen LogP contribution in [0, 0.1) is 5.92 Å². The summed E-state index contributed by atoms with van der Waals surface area (Å²) in [5.41, 5.74) is 0. The molecule has 1 aromatic carbocycles. The minimum Gasteiger partial charge on any atom is -0.313 e. The second kappa shape index (κ2) is 7.26. The number of halogens is 2. The topological polar surface area (TPSA) is 29.1 Å². The molecule has 2 rings (SSSR count). The average molecular weight is 334 g/mol. The molecule has 1 saturated carbocycles. The van der Waals surface area contributed by atoms with Gasteiger partial charge in [0.2, 0.25) is 0 Å². The first-order valence-corrected chi connectivity index (χ1v) is 9.08. The van der Waals surface area contributed by atoms with Crippen molar-refractivity contribution >= 4 is 34.0 Å². The maximum Gasteiger partial charge on any atom is 0.0592 e. The zero-order valence-corrected chi connectivity index (χ0v) is 14.2. The van der Waals surface area contributed by atoms with Gasteiger partial charge in [-0.2, -0.15) is 0 Å². The second-order valence-electron chi connectivity index (χ2n) is 5.49. The number of rotatable bonds is 4. The van der Waals surface area contributed by atoms with E-state index in [1.165, 1.54) is 6.42 Å². The molecule has 1 aromatic rings. The third-order valence-corrected chi connectivity index (χ3v) is 6.42. The predicted molar refractivity (Wildman–Crippen MR) is 87.1 cm³/mol. The third-order valence-electron chi connectivity index (χ3n) is 3.91. The van der Waals surface area contributed by atoms with E-state index in [1.54, 1.807) is 18.2 Å². The largest absolute Gasteiger partial charge is 0.313 e. The molecule has 1 N–H and O–H groups in total. The average Bonchev–Trinajstić information content (AvgIpc) is 2.43. The van der Waals surface area contributed by atoms with Crippen LogP contribution in [0.4, 0.5) is 0 Å². The molecule has 0 aromatic heterocycles. The van der Waals surface area contributed by atoms with Crippen molar-refractivity contribution in [1.29, 1.82) is 0 Å². The van der Waals surface area contributed by atoms with Crippen LogP contribution in [0.2, 0.25) is 10.0 Å². The molecule has 0 heterocycles. The van der Waals surface area contributed by atoms with E-state index in [0.29, 0.717) is 26.9 Å². The Morgan fingerprint density at radius 2 is 2.10 bits per heavy atom. The second-order valence-corrected chi connectivity index (χ2v) is 7.98. The van der Waals surface area contributed by atoms with Crippen LogP contribution in [0.5, 0.6) is 0 Å². The first kappa shape index (κ1) is 16.3. The maximum absolute atomic E-state index is 12.9. The molecule has 20 heavy (non-hydrogen) atoms. The van der Waals surface area contributed by atoms with Crippen molar-refractivity contribution in [1.82, 2.24) is 5.32 Å². The van der Waals surface area contributed by atoms with E-state index in [4.69, 9.17) is 23.2 Å². The zero-order valence-electron chi connectivity index (χ0n) is 11.9. The third kappa shape index (κ3) is 3.76. The lowest BCUT2D eigenvalue weighted by atomic mass is 9.87. The number of nitrogens with one attached hydrogen (secondary N) is 1. The van der Waals surface area contributed by atoms with Crippen LogP contribution < -0.4 is 5.32 Å². The summed E-state index contributed by atoms with van der Waals surface area (Å²) in [5, 5.41) is 4.70. The molecule has 112 valence electrons. The Kier molecular flexibility index (Phi) is 5.91. The Bertz CT molecular complexity index is 495. The molecular formula is C15H21Cl2NOS. The van der Waals surface area contributed by atoms with E-state index in [-0.39, 0.29) is 5.25 Å². The van der Waals surface area contributed by atoms with Gasteiger partial charge in [-0.15, -0.1) is 0 Å². The highest BCUT2D eigenvalue weighted by molar-refractivity contribution is 7.85. The van der Waals surface area contributed by atoms with Gasteiger partial charge in [0.1, 0.15) is 0 Å². The van der Waals surface area contributed by atoms with Gasteiger partial charge >= 0.3 is 0 Å². The fourth-order valence-corrected chi connectivity index (χ4v) is 5.30. The summed E-state index contributed by atoms with van der Waals surface area (Å²) in [4.78, 5) is 0.668.